The van der Waals surface area contributed by atoms with Gasteiger partial charge in [-0.15, -0.1) is 0 Å². The lowest BCUT2D eigenvalue weighted by molar-refractivity contribution is -0.136. The Morgan fingerprint density at radius 3 is 2.56 bits per heavy atom. The fourth-order valence-corrected chi connectivity index (χ4v) is 3.17. The van der Waals surface area contributed by atoms with E-state index in [0.717, 1.165) is 51.7 Å². The summed E-state index contributed by atoms with van der Waals surface area (Å²) < 4.78 is 5.56. The number of nitrogens with two attached hydrogens (primary N) is 1. The van der Waals surface area contributed by atoms with Crippen molar-refractivity contribution in [1.29, 1.82) is 0 Å². The van der Waals surface area contributed by atoms with Gasteiger partial charge in [0.05, 0.1) is 12.5 Å². The van der Waals surface area contributed by atoms with Crippen LogP contribution in [0.3, 0.4) is 0 Å². The quantitative estimate of drug-likeness (QED) is 0.830. The van der Waals surface area contributed by atoms with Crippen molar-refractivity contribution in [3.8, 4) is 0 Å². The third-order valence-corrected chi connectivity index (χ3v) is 4.27. The fraction of sp³-hybridized carbons (Fsp3) is 0.929. The van der Waals surface area contributed by atoms with Crippen molar-refractivity contribution in [2.45, 2.75) is 70.1 Å². The summed E-state index contributed by atoms with van der Waals surface area (Å²) in [5.41, 5.74) is 5.92. The number of carbonyl (C=O) groups is 1. The summed E-state index contributed by atoms with van der Waals surface area (Å²) in [7, 11) is 0. The number of carbonyl (C=O) groups excluding carboxylic acids is 1. The van der Waals surface area contributed by atoms with Crippen molar-refractivity contribution in [2.75, 3.05) is 13.2 Å². The SMILES string of the molecule is CCN(C(=O)CC1CCCO1)C1CCC(N)CC1. The van der Waals surface area contributed by atoms with Gasteiger partial charge in [0.1, 0.15) is 0 Å². The lowest BCUT2D eigenvalue weighted by Crippen LogP contribution is -2.44. The molecule has 2 N–H and O–H groups in total. The Kier molecular flexibility index (Phi) is 5.01. The highest BCUT2D eigenvalue weighted by Gasteiger charge is 2.28. The molecule has 1 aliphatic carbocycles. The zero-order valence-electron chi connectivity index (χ0n) is 11.4. The van der Waals surface area contributed by atoms with E-state index in [4.69, 9.17) is 10.5 Å². The summed E-state index contributed by atoms with van der Waals surface area (Å²) in [4.78, 5) is 14.4. The first-order chi connectivity index (χ1) is 8.70. The molecule has 2 rings (SSSR count). The van der Waals surface area contributed by atoms with Crippen LogP contribution in [0.15, 0.2) is 0 Å². The predicted octanol–water partition coefficient (Wildman–Crippen LogP) is 1.67. The minimum Gasteiger partial charge on any atom is -0.378 e. The average molecular weight is 254 g/mol. The van der Waals surface area contributed by atoms with Gasteiger partial charge in [0, 0.05) is 25.2 Å². The molecule has 0 spiro atoms. The maximum absolute atomic E-state index is 12.3. The molecule has 18 heavy (non-hydrogen) atoms. The summed E-state index contributed by atoms with van der Waals surface area (Å²) in [6.07, 6.45) is 7.09. The van der Waals surface area contributed by atoms with Crippen LogP contribution in [-0.4, -0.2) is 42.1 Å². The van der Waals surface area contributed by atoms with Crippen molar-refractivity contribution < 1.29 is 9.53 Å². The molecule has 1 unspecified atom stereocenters. The topological polar surface area (TPSA) is 55.6 Å². The van der Waals surface area contributed by atoms with Crippen LogP contribution in [0, 0.1) is 0 Å². The minimum absolute atomic E-state index is 0.164. The molecule has 0 aromatic heterocycles. The van der Waals surface area contributed by atoms with E-state index in [1.54, 1.807) is 0 Å². The highest BCUT2D eigenvalue weighted by molar-refractivity contribution is 5.77. The summed E-state index contributed by atoms with van der Waals surface area (Å²) in [6.45, 7) is 3.70. The highest BCUT2D eigenvalue weighted by Crippen LogP contribution is 2.24. The first-order valence-electron chi connectivity index (χ1n) is 7.37. The normalized spacial score (nSPS) is 32.4. The van der Waals surface area contributed by atoms with Gasteiger partial charge in [-0.25, -0.2) is 0 Å². The number of nitrogens with zero attached hydrogens (tertiary/aromatic N) is 1. The van der Waals surface area contributed by atoms with Crippen molar-refractivity contribution in [3.05, 3.63) is 0 Å². The third kappa shape index (κ3) is 3.45. The van der Waals surface area contributed by atoms with Crippen LogP contribution in [0.4, 0.5) is 0 Å². The van der Waals surface area contributed by atoms with Crippen LogP contribution in [0.2, 0.25) is 0 Å². The molecular formula is C14H26N2O2. The molecule has 1 atom stereocenters. The maximum atomic E-state index is 12.3. The molecule has 2 fully saturated rings. The molecule has 1 aliphatic heterocycles. The van der Waals surface area contributed by atoms with Crippen LogP contribution in [-0.2, 0) is 9.53 Å². The Morgan fingerprint density at radius 1 is 1.28 bits per heavy atom. The van der Waals surface area contributed by atoms with Crippen LogP contribution < -0.4 is 5.73 Å². The minimum atomic E-state index is 0.164. The van der Waals surface area contributed by atoms with Crippen molar-refractivity contribution >= 4 is 5.91 Å². The van der Waals surface area contributed by atoms with Gasteiger partial charge in [-0.1, -0.05) is 0 Å². The van der Waals surface area contributed by atoms with E-state index in [1.807, 2.05) is 4.90 Å². The largest absolute Gasteiger partial charge is 0.378 e. The number of hydrogen-bond donors (Lipinski definition) is 1. The molecule has 0 radical (unpaired) electrons. The van der Waals surface area contributed by atoms with Crippen LogP contribution in [0.1, 0.15) is 51.9 Å². The second-order valence-electron chi connectivity index (χ2n) is 5.59. The van der Waals surface area contributed by atoms with Gasteiger partial charge in [-0.3, -0.25) is 4.79 Å². The highest BCUT2D eigenvalue weighted by atomic mass is 16.5. The summed E-state index contributed by atoms with van der Waals surface area (Å²) >= 11 is 0. The van der Waals surface area contributed by atoms with Gasteiger partial charge >= 0.3 is 0 Å². The zero-order chi connectivity index (χ0) is 13.0. The lowest BCUT2D eigenvalue weighted by atomic mass is 9.90. The molecule has 1 amide bonds. The molecule has 0 aromatic carbocycles. The van der Waals surface area contributed by atoms with E-state index in [0.29, 0.717) is 18.5 Å². The Morgan fingerprint density at radius 2 is 2.00 bits per heavy atom. The van der Waals surface area contributed by atoms with E-state index in [1.165, 1.54) is 0 Å². The van der Waals surface area contributed by atoms with Crippen molar-refractivity contribution in [1.82, 2.24) is 4.90 Å². The summed E-state index contributed by atoms with van der Waals surface area (Å²) in [5.74, 6) is 0.268. The first-order valence-corrected chi connectivity index (χ1v) is 7.37. The Labute approximate surface area is 110 Å². The van der Waals surface area contributed by atoms with E-state index in [2.05, 4.69) is 6.92 Å². The predicted molar refractivity (Wildman–Crippen MR) is 71.2 cm³/mol. The van der Waals surface area contributed by atoms with E-state index in [9.17, 15) is 4.79 Å². The zero-order valence-corrected chi connectivity index (χ0v) is 11.4. The van der Waals surface area contributed by atoms with Crippen LogP contribution in [0.5, 0.6) is 0 Å². The molecule has 104 valence electrons. The third-order valence-electron chi connectivity index (χ3n) is 4.27. The van der Waals surface area contributed by atoms with Gasteiger partial charge in [-0.05, 0) is 45.4 Å². The molecule has 4 heteroatoms. The number of rotatable bonds is 4. The molecule has 4 nitrogen and oxygen atoms in total. The van der Waals surface area contributed by atoms with Gasteiger partial charge in [-0.2, -0.15) is 0 Å². The molecule has 2 aliphatic rings. The Balaban J connectivity index is 1.84. The molecule has 1 heterocycles. The smallest absolute Gasteiger partial charge is 0.225 e. The maximum Gasteiger partial charge on any atom is 0.225 e. The van der Waals surface area contributed by atoms with Gasteiger partial charge in [0.2, 0.25) is 5.91 Å². The molecule has 1 saturated heterocycles. The molecule has 1 saturated carbocycles. The molecule has 0 bridgehead atoms. The monoisotopic (exact) mass is 254 g/mol. The number of ether oxygens (including phenoxy) is 1. The van der Waals surface area contributed by atoms with E-state index < -0.39 is 0 Å². The first kappa shape index (κ1) is 13.8. The van der Waals surface area contributed by atoms with E-state index >= 15 is 0 Å². The fourth-order valence-electron chi connectivity index (χ4n) is 3.17. The molecular weight excluding hydrogens is 228 g/mol. The van der Waals surface area contributed by atoms with Gasteiger partial charge in [0.15, 0.2) is 0 Å². The van der Waals surface area contributed by atoms with E-state index in [-0.39, 0.29) is 12.0 Å². The number of amides is 1. The lowest BCUT2D eigenvalue weighted by Gasteiger charge is -2.36. The average Bonchev–Trinajstić information content (AvgIpc) is 2.85. The Bertz CT molecular complexity index is 269. The molecule has 0 aromatic rings. The number of hydrogen-bond acceptors (Lipinski definition) is 3. The van der Waals surface area contributed by atoms with Gasteiger partial charge in [0.25, 0.3) is 0 Å². The van der Waals surface area contributed by atoms with Gasteiger partial charge < -0.3 is 15.4 Å². The van der Waals surface area contributed by atoms with Crippen molar-refractivity contribution in [2.24, 2.45) is 5.73 Å². The Hall–Kier alpha value is -0.610. The summed E-state index contributed by atoms with van der Waals surface area (Å²) in [5, 5.41) is 0. The van der Waals surface area contributed by atoms with Crippen molar-refractivity contribution in [3.63, 3.8) is 0 Å². The summed E-state index contributed by atoms with van der Waals surface area (Å²) in [6, 6.07) is 0.747. The van der Waals surface area contributed by atoms with Crippen LogP contribution in [0.25, 0.3) is 0 Å². The second-order valence-corrected chi connectivity index (χ2v) is 5.59. The standard InChI is InChI=1S/C14H26N2O2/c1-2-16(12-7-5-11(15)6-8-12)14(17)10-13-4-3-9-18-13/h11-13H,2-10,15H2,1H3. The van der Waals surface area contributed by atoms with Crippen LogP contribution >= 0.6 is 0 Å². The second kappa shape index (κ2) is 6.53.